The number of rotatable bonds is 5. The van der Waals surface area contributed by atoms with Crippen molar-refractivity contribution in [1.29, 1.82) is 0 Å². The monoisotopic (exact) mass is 480 g/mol. The average Bonchev–Trinajstić information content (AvgIpc) is 3.22. The van der Waals surface area contributed by atoms with E-state index in [9.17, 15) is 26.4 Å². The van der Waals surface area contributed by atoms with E-state index in [-0.39, 0.29) is 42.4 Å². The van der Waals surface area contributed by atoms with Crippen LogP contribution < -0.4 is 5.32 Å². The Hall–Kier alpha value is -3.32. The van der Waals surface area contributed by atoms with Gasteiger partial charge in [0.2, 0.25) is 15.9 Å². The maximum Gasteiger partial charge on any atom is 0.243 e. The minimum absolute atomic E-state index is 0.0396. The molecule has 9 nitrogen and oxygen atoms in total. The van der Waals surface area contributed by atoms with Crippen molar-refractivity contribution in [3.05, 3.63) is 59.7 Å². The predicted octanol–water partition coefficient (Wildman–Crippen LogP) is 2.43. The lowest BCUT2D eigenvalue weighted by Crippen LogP contribution is -2.41. The Kier molecular flexibility index (Phi) is 6.17. The van der Waals surface area contributed by atoms with Crippen molar-refractivity contribution in [2.75, 3.05) is 18.4 Å². The maximum atomic E-state index is 14.2. The number of aryl methyl sites for hydroxylation is 1. The molecule has 0 aliphatic carbocycles. The number of carbonyl (C=O) groups excluding carboxylic acids is 1. The third-order valence-corrected chi connectivity index (χ3v) is 7.32. The number of carbonyl (C=O) groups is 1. The van der Waals surface area contributed by atoms with Gasteiger partial charge >= 0.3 is 0 Å². The molecule has 2 heterocycles. The highest BCUT2D eigenvalue weighted by Gasteiger charge is 2.32. The number of amides is 1. The zero-order valence-electron chi connectivity index (χ0n) is 17.4. The van der Waals surface area contributed by atoms with Crippen LogP contribution in [0.25, 0.3) is 5.69 Å². The van der Waals surface area contributed by atoms with Crippen molar-refractivity contribution >= 4 is 21.6 Å². The summed E-state index contributed by atoms with van der Waals surface area (Å²) in [7, 11) is -4.02. The fourth-order valence-electron chi connectivity index (χ4n) is 3.60. The van der Waals surface area contributed by atoms with Gasteiger partial charge in [-0.2, -0.15) is 8.99 Å². The molecule has 13 heteroatoms. The van der Waals surface area contributed by atoms with E-state index in [1.54, 1.807) is 6.92 Å². The van der Waals surface area contributed by atoms with Gasteiger partial charge in [-0.3, -0.25) is 4.79 Å². The number of nitrogens with one attached hydrogen (secondary N) is 1. The molecule has 1 saturated heterocycles. The van der Waals surface area contributed by atoms with Crippen LogP contribution in [0.4, 0.5) is 18.9 Å². The van der Waals surface area contributed by atoms with Crippen LogP contribution in [0.5, 0.6) is 0 Å². The van der Waals surface area contributed by atoms with E-state index in [1.165, 1.54) is 22.9 Å². The van der Waals surface area contributed by atoms with E-state index in [2.05, 4.69) is 20.8 Å². The normalized spacial score (nSPS) is 15.5. The zero-order valence-corrected chi connectivity index (χ0v) is 18.2. The summed E-state index contributed by atoms with van der Waals surface area (Å²) in [5.74, 6) is -3.41. The van der Waals surface area contributed by atoms with Gasteiger partial charge in [-0.05, 0) is 66.6 Å². The van der Waals surface area contributed by atoms with Gasteiger partial charge in [-0.15, -0.1) is 5.10 Å². The molecule has 3 aromatic rings. The maximum absolute atomic E-state index is 14.2. The van der Waals surface area contributed by atoms with E-state index in [1.807, 2.05) is 0 Å². The van der Waals surface area contributed by atoms with Crippen LogP contribution in [-0.4, -0.2) is 51.9 Å². The Bertz CT molecular complexity index is 1310. The summed E-state index contributed by atoms with van der Waals surface area (Å²) in [6, 6.07) is 6.39. The summed E-state index contributed by atoms with van der Waals surface area (Å²) in [4.78, 5) is 12.4. The second-order valence-corrected chi connectivity index (χ2v) is 9.49. The van der Waals surface area contributed by atoms with Crippen molar-refractivity contribution in [2.45, 2.75) is 24.7 Å². The number of hydrogen-bond acceptors (Lipinski definition) is 6. The quantitative estimate of drug-likeness (QED) is 0.601. The first-order valence-corrected chi connectivity index (χ1v) is 11.4. The standard InChI is InChI=1S/C20H19F3N6O3S/c1-12-25-26-27-29(12)19-10-14(2-4-17(19)22)24-20(30)13-6-8-28(9-7-13)33(31,32)15-3-5-16(21)18(23)11-15/h2-5,10-11,13H,6-9H2,1H3,(H,24,30). The SMILES string of the molecule is Cc1nnnn1-c1cc(NC(=O)C2CCN(S(=O)(=O)c3ccc(F)c(F)c3)CC2)ccc1F. The molecule has 0 atom stereocenters. The van der Waals surface area contributed by atoms with E-state index in [4.69, 9.17) is 0 Å². The number of nitrogens with zero attached hydrogens (tertiary/aromatic N) is 5. The lowest BCUT2D eigenvalue weighted by atomic mass is 9.97. The van der Waals surface area contributed by atoms with Gasteiger partial charge in [-0.1, -0.05) is 0 Å². The number of halogens is 3. The fourth-order valence-corrected chi connectivity index (χ4v) is 5.08. The lowest BCUT2D eigenvalue weighted by Gasteiger charge is -2.30. The summed E-state index contributed by atoms with van der Waals surface area (Å²) >= 11 is 0. The third-order valence-electron chi connectivity index (χ3n) is 5.42. The molecule has 0 radical (unpaired) electrons. The molecule has 0 spiro atoms. The van der Waals surface area contributed by atoms with Crippen LogP contribution in [0.1, 0.15) is 18.7 Å². The molecule has 33 heavy (non-hydrogen) atoms. The molecule has 0 saturated carbocycles. The summed E-state index contributed by atoms with van der Waals surface area (Å²) in [5, 5.41) is 13.6. The van der Waals surface area contributed by atoms with Gasteiger partial charge < -0.3 is 5.32 Å². The molecule has 1 aliphatic rings. The molecule has 1 fully saturated rings. The van der Waals surface area contributed by atoms with Gasteiger partial charge in [0.05, 0.1) is 4.90 Å². The molecule has 1 aliphatic heterocycles. The van der Waals surface area contributed by atoms with Crippen molar-refractivity contribution in [3.63, 3.8) is 0 Å². The van der Waals surface area contributed by atoms with Gasteiger partial charge in [0.25, 0.3) is 0 Å². The molecule has 1 N–H and O–H groups in total. The molecular formula is C20H19F3N6O3S. The summed E-state index contributed by atoms with van der Waals surface area (Å²) in [6.45, 7) is 1.68. The minimum atomic E-state index is -4.02. The highest BCUT2D eigenvalue weighted by atomic mass is 32.2. The molecule has 0 bridgehead atoms. The Morgan fingerprint density at radius 2 is 1.73 bits per heavy atom. The number of sulfonamides is 1. The summed E-state index contributed by atoms with van der Waals surface area (Å²) in [6.07, 6.45) is 0.462. The van der Waals surface area contributed by atoms with E-state index in [0.717, 1.165) is 16.4 Å². The fraction of sp³-hybridized carbons (Fsp3) is 0.300. The lowest BCUT2D eigenvalue weighted by molar-refractivity contribution is -0.120. The Balaban J connectivity index is 1.42. The highest BCUT2D eigenvalue weighted by Crippen LogP contribution is 2.26. The Morgan fingerprint density at radius 3 is 2.36 bits per heavy atom. The topological polar surface area (TPSA) is 110 Å². The molecule has 174 valence electrons. The highest BCUT2D eigenvalue weighted by molar-refractivity contribution is 7.89. The van der Waals surface area contributed by atoms with Crippen LogP contribution in [0.3, 0.4) is 0 Å². The molecule has 4 rings (SSSR count). The van der Waals surface area contributed by atoms with Crippen molar-refractivity contribution < 1.29 is 26.4 Å². The van der Waals surface area contributed by atoms with E-state index in [0.29, 0.717) is 17.6 Å². The van der Waals surface area contributed by atoms with Crippen LogP contribution in [-0.2, 0) is 14.8 Å². The second-order valence-electron chi connectivity index (χ2n) is 7.55. The second kappa shape index (κ2) is 8.90. The van der Waals surface area contributed by atoms with Crippen LogP contribution in [0.2, 0.25) is 0 Å². The number of hydrogen-bond donors (Lipinski definition) is 1. The minimum Gasteiger partial charge on any atom is -0.326 e. The summed E-state index contributed by atoms with van der Waals surface area (Å²) in [5.41, 5.74) is 0.408. The molecule has 2 aromatic carbocycles. The van der Waals surface area contributed by atoms with Crippen molar-refractivity contribution in [3.8, 4) is 5.69 Å². The molecular weight excluding hydrogens is 461 g/mol. The Labute approximate surface area is 187 Å². The van der Waals surface area contributed by atoms with Crippen LogP contribution >= 0.6 is 0 Å². The van der Waals surface area contributed by atoms with Gasteiger partial charge in [0.1, 0.15) is 11.5 Å². The van der Waals surface area contributed by atoms with Gasteiger partial charge in [0.15, 0.2) is 17.5 Å². The predicted molar refractivity (Wildman–Crippen MR) is 110 cm³/mol. The van der Waals surface area contributed by atoms with Crippen molar-refractivity contribution in [1.82, 2.24) is 24.5 Å². The first-order valence-electron chi connectivity index (χ1n) is 9.98. The number of anilines is 1. The molecule has 1 aromatic heterocycles. The van der Waals surface area contributed by atoms with Gasteiger partial charge in [-0.25, -0.2) is 21.6 Å². The number of benzene rings is 2. The first kappa shape index (κ1) is 22.9. The largest absolute Gasteiger partial charge is 0.326 e. The average molecular weight is 480 g/mol. The van der Waals surface area contributed by atoms with E-state index < -0.39 is 33.4 Å². The number of tetrazole rings is 1. The smallest absolute Gasteiger partial charge is 0.243 e. The Morgan fingerprint density at radius 1 is 1.03 bits per heavy atom. The zero-order chi connectivity index (χ0) is 23.8. The van der Waals surface area contributed by atoms with Crippen molar-refractivity contribution in [2.24, 2.45) is 5.92 Å². The van der Waals surface area contributed by atoms with E-state index >= 15 is 0 Å². The van der Waals surface area contributed by atoms with Gasteiger partial charge in [0, 0.05) is 24.7 Å². The first-order chi connectivity index (χ1) is 15.7. The number of aromatic nitrogens is 4. The third kappa shape index (κ3) is 4.59. The molecule has 0 unspecified atom stereocenters. The number of piperidine rings is 1. The van der Waals surface area contributed by atoms with Crippen LogP contribution in [0, 0.1) is 30.3 Å². The summed E-state index contributed by atoms with van der Waals surface area (Å²) < 4.78 is 68.6. The van der Waals surface area contributed by atoms with Crippen LogP contribution in [0.15, 0.2) is 41.3 Å². The molecule has 1 amide bonds.